The van der Waals surface area contributed by atoms with Crippen molar-refractivity contribution in [1.29, 1.82) is 0 Å². The van der Waals surface area contributed by atoms with Crippen molar-refractivity contribution < 1.29 is 28.2 Å². The van der Waals surface area contributed by atoms with Gasteiger partial charge in [-0.05, 0) is 23.8 Å². The number of benzene rings is 2. The van der Waals surface area contributed by atoms with Crippen LogP contribution in [0.3, 0.4) is 0 Å². The molecule has 0 aliphatic carbocycles. The van der Waals surface area contributed by atoms with Gasteiger partial charge in [-0.25, -0.2) is 14.0 Å². The Morgan fingerprint density at radius 2 is 1.88 bits per heavy atom. The number of esters is 2. The Labute approximate surface area is 138 Å². The van der Waals surface area contributed by atoms with Gasteiger partial charge in [0.2, 0.25) is 6.10 Å². The summed E-state index contributed by atoms with van der Waals surface area (Å²) in [7, 11) is 0. The Hall–Kier alpha value is -2.89. The van der Waals surface area contributed by atoms with Crippen LogP contribution in [0.1, 0.15) is 15.9 Å². The third-order valence-electron chi connectivity index (χ3n) is 3.58. The zero-order valence-electron chi connectivity index (χ0n) is 12.7. The number of rotatable bonds is 5. The molecule has 5 nitrogen and oxygen atoms in total. The molecule has 1 heterocycles. The van der Waals surface area contributed by atoms with E-state index in [9.17, 15) is 14.0 Å². The van der Waals surface area contributed by atoms with Gasteiger partial charge in [-0.3, -0.25) is 0 Å². The molecule has 0 amide bonds. The topological polar surface area (TPSA) is 61.8 Å². The van der Waals surface area contributed by atoms with Crippen LogP contribution in [0.4, 0.5) is 4.39 Å². The normalized spacial score (nSPS) is 16.0. The lowest BCUT2D eigenvalue weighted by Gasteiger charge is -2.23. The van der Waals surface area contributed by atoms with Gasteiger partial charge < -0.3 is 14.2 Å². The molecule has 0 radical (unpaired) electrons. The molecule has 0 saturated carbocycles. The first kappa shape index (κ1) is 16.0. The summed E-state index contributed by atoms with van der Waals surface area (Å²) >= 11 is 0. The Bertz CT molecular complexity index is 759. The van der Waals surface area contributed by atoms with Crippen molar-refractivity contribution in [3.63, 3.8) is 0 Å². The van der Waals surface area contributed by atoms with E-state index in [1.165, 1.54) is 12.1 Å². The average molecular weight is 330 g/mol. The summed E-state index contributed by atoms with van der Waals surface area (Å²) in [4.78, 5) is 23.9. The highest BCUT2D eigenvalue weighted by Crippen LogP contribution is 2.21. The summed E-state index contributed by atoms with van der Waals surface area (Å²) in [5, 5.41) is 0. The maximum absolute atomic E-state index is 13.4. The van der Waals surface area contributed by atoms with Gasteiger partial charge in [0, 0.05) is 6.42 Å². The van der Waals surface area contributed by atoms with Crippen molar-refractivity contribution in [3.05, 3.63) is 65.5 Å². The van der Waals surface area contributed by atoms with Crippen LogP contribution in [0.15, 0.2) is 48.5 Å². The number of hydrogen-bond acceptors (Lipinski definition) is 5. The third-order valence-corrected chi connectivity index (χ3v) is 3.58. The molecule has 2 aromatic carbocycles. The first-order valence-corrected chi connectivity index (χ1v) is 7.48. The number of cyclic esters (lactones) is 1. The highest BCUT2D eigenvalue weighted by atomic mass is 19.1. The molecule has 2 aromatic rings. The molecule has 0 N–H and O–H groups in total. The minimum atomic E-state index is -0.971. The van der Waals surface area contributed by atoms with Gasteiger partial charge in [-0.15, -0.1) is 0 Å². The van der Waals surface area contributed by atoms with Gasteiger partial charge >= 0.3 is 11.9 Å². The predicted molar refractivity (Wildman–Crippen MR) is 82.2 cm³/mol. The molecule has 24 heavy (non-hydrogen) atoms. The molecule has 3 rings (SSSR count). The Morgan fingerprint density at radius 1 is 1.12 bits per heavy atom. The number of para-hydroxylation sites is 1. The fraction of sp³-hybridized carbons (Fsp3) is 0.222. The fourth-order valence-electron chi connectivity index (χ4n) is 2.41. The highest BCUT2D eigenvalue weighted by molar-refractivity contribution is 5.94. The Kier molecular flexibility index (Phi) is 4.74. The predicted octanol–water partition coefficient (Wildman–Crippen LogP) is 2.53. The smallest absolute Gasteiger partial charge is 0.347 e. The molecule has 0 spiro atoms. The second-order valence-electron chi connectivity index (χ2n) is 5.20. The molecule has 1 atom stereocenters. The standard InChI is InChI=1S/C18H15FO5/c19-14-7-3-4-8-15(14)22-9-10-23-18(21)16-11-12-5-1-2-6-13(12)17(20)24-16/h1-8,16H,9-11H2/t16-/m0/s1. The van der Waals surface area contributed by atoms with E-state index < -0.39 is 23.9 Å². The monoisotopic (exact) mass is 330 g/mol. The quantitative estimate of drug-likeness (QED) is 0.623. The maximum Gasteiger partial charge on any atom is 0.347 e. The average Bonchev–Trinajstić information content (AvgIpc) is 2.60. The van der Waals surface area contributed by atoms with E-state index in [0.717, 1.165) is 5.56 Å². The zero-order chi connectivity index (χ0) is 16.9. The molecule has 0 bridgehead atoms. The van der Waals surface area contributed by atoms with Crippen LogP contribution in [0.5, 0.6) is 5.75 Å². The van der Waals surface area contributed by atoms with E-state index in [4.69, 9.17) is 14.2 Å². The summed E-state index contributed by atoms with van der Waals surface area (Å²) in [5.41, 5.74) is 1.21. The maximum atomic E-state index is 13.4. The first-order valence-electron chi connectivity index (χ1n) is 7.48. The number of hydrogen-bond donors (Lipinski definition) is 0. The van der Waals surface area contributed by atoms with Crippen molar-refractivity contribution in [2.75, 3.05) is 13.2 Å². The summed E-state index contributed by atoms with van der Waals surface area (Å²) in [6.07, 6.45) is -0.699. The lowest BCUT2D eigenvalue weighted by atomic mass is 9.99. The molecule has 6 heteroatoms. The molecule has 0 aromatic heterocycles. The van der Waals surface area contributed by atoms with E-state index in [-0.39, 0.29) is 25.4 Å². The van der Waals surface area contributed by atoms with E-state index in [0.29, 0.717) is 5.56 Å². The number of halogens is 1. The summed E-state index contributed by atoms with van der Waals surface area (Å²) in [6, 6.07) is 12.9. The van der Waals surface area contributed by atoms with Gasteiger partial charge in [0.1, 0.15) is 13.2 Å². The Morgan fingerprint density at radius 3 is 2.71 bits per heavy atom. The van der Waals surface area contributed by atoms with E-state index >= 15 is 0 Å². The second kappa shape index (κ2) is 7.12. The largest absolute Gasteiger partial charge is 0.487 e. The first-order chi connectivity index (χ1) is 11.6. The van der Waals surface area contributed by atoms with Crippen LogP contribution >= 0.6 is 0 Å². The van der Waals surface area contributed by atoms with Gasteiger partial charge in [0.25, 0.3) is 0 Å². The molecule has 1 aliphatic rings. The molecular weight excluding hydrogens is 315 g/mol. The van der Waals surface area contributed by atoms with Gasteiger partial charge in [0.05, 0.1) is 5.56 Å². The molecule has 1 aliphatic heterocycles. The molecule has 0 saturated heterocycles. The van der Waals surface area contributed by atoms with Crippen molar-refractivity contribution in [1.82, 2.24) is 0 Å². The summed E-state index contributed by atoms with van der Waals surface area (Å²) < 4.78 is 28.7. The third kappa shape index (κ3) is 3.53. The molecule has 0 unspecified atom stereocenters. The SMILES string of the molecule is O=C1O[C@H](C(=O)OCCOc2ccccc2F)Cc2ccccc21. The fourth-order valence-corrected chi connectivity index (χ4v) is 2.41. The van der Waals surface area contributed by atoms with E-state index in [1.807, 2.05) is 0 Å². The van der Waals surface area contributed by atoms with Gasteiger partial charge in [0.15, 0.2) is 11.6 Å². The van der Waals surface area contributed by atoms with Crippen molar-refractivity contribution in [2.24, 2.45) is 0 Å². The van der Waals surface area contributed by atoms with Crippen molar-refractivity contribution in [3.8, 4) is 5.75 Å². The number of fused-ring (bicyclic) bond motifs is 1. The lowest BCUT2D eigenvalue weighted by molar-refractivity contribution is -0.155. The second-order valence-corrected chi connectivity index (χ2v) is 5.20. The minimum Gasteiger partial charge on any atom is -0.487 e. The van der Waals surface area contributed by atoms with Crippen LogP contribution in [0, 0.1) is 5.82 Å². The van der Waals surface area contributed by atoms with Crippen molar-refractivity contribution in [2.45, 2.75) is 12.5 Å². The Balaban J connectivity index is 1.50. The summed E-state index contributed by atoms with van der Waals surface area (Å²) in [6.45, 7) is -0.0627. The molecule has 124 valence electrons. The lowest BCUT2D eigenvalue weighted by Crippen LogP contribution is -2.36. The molecular formula is C18H15FO5. The van der Waals surface area contributed by atoms with E-state index in [2.05, 4.69) is 0 Å². The van der Waals surface area contributed by atoms with Crippen molar-refractivity contribution >= 4 is 11.9 Å². The zero-order valence-corrected chi connectivity index (χ0v) is 12.7. The number of carbonyl (C=O) groups is 2. The van der Waals surface area contributed by atoms with Crippen LogP contribution in [-0.4, -0.2) is 31.3 Å². The molecule has 0 fully saturated rings. The van der Waals surface area contributed by atoms with Crippen LogP contribution < -0.4 is 4.74 Å². The van der Waals surface area contributed by atoms with Gasteiger partial charge in [-0.2, -0.15) is 0 Å². The number of ether oxygens (including phenoxy) is 3. The van der Waals surface area contributed by atoms with Crippen LogP contribution in [-0.2, 0) is 20.7 Å². The van der Waals surface area contributed by atoms with Gasteiger partial charge in [-0.1, -0.05) is 30.3 Å². The van der Waals surface area contributed by atoms with E-state index in [1.54, 1.807) is 36.4 Å². The highest BCUT2D eigenvalue weighted by Gasteiger charge is 2.32. The van der Waals surface area contributed by atoms with Crippen LogP contribution in [0.2, 0.25) is 0 Å². The summed E-state index contributed by atoms with van der Waals surface area (Å²) in [5.74, 6) is -1.58. The minimum absolute atomic E-state index is 0.00390. The number of carbonyl (C=O) groups excluding carboxylic acids is 2. The van der Waals surface area contributed by atoms with Crippen LogP contribution in [0.25, 0.3) is 0 Å².